The molecule has 0 aliphatic carbocycles. The van der Waals surface area contributed by atoms with Gasteiger partial charge in [-0.2, -0.15) is 0 Å². The van der Waals surface area contributed by atoms with Gasteiger partial charge in [0.05, 0.1) is 5.88 Å². The summed E-state index contributed by atoms with van der Waals surface area (Å²) in [5.74, 6) is 2.34. The van der Waals surface area contributed by atoms with E-state index in [2.05, 4.69) is 38.7 Å². The van der Waals surface area contributed by atoms with E-state index in [9.17, 15) is 0 Å². The Bertz CT molecular complexity index is 429. The summed E-state index contributed by atoms with van der Waals surface area (Å²) in [6.07, 6.45) is 2.54. The van der Waals surface area contributed by atoms with Crippen molar-refractivity contribution in [1.82, 2.24) is 4.98 Å². The van der Waals surface area contributed by atoms with Crippen LogP contribution < -0.4 is 4.90 Å². The Kier molecular flexibility index (Phi) is 4.16. The van der Waals surface area contributed by atoms with Crippen molar-refractivity contribution < 1.29 is 0 Å². The topological polar surface area (TPSA) is 16.1 Å². The molecular weight excluding hydrogens is 244 g/mol. The van der Waals surface area contributed by atoms with Gasteiger partial charge in [0.2, 0.25) is 0 Å². The Balaban J connectivity index is 2.43. The van der Waals surface area contributed by atoms with E-state index in [0.29, 0.717) is 17.8 Å². The quantitative estimate of drug-likeness (QED) is 0.767. The molecule has 1 aliphatic rings. The SMILES string of the molecule is Cc1cc(C)c(CCl)c(N2CCCC2C(C)C)n1. The van der Waals surface area contributed by atoms with Gasteiger partial charge in [0.1, 0.15) is 5.82 Å². The van der Waals surface area contributed by atoms with Crippen LogP contribution in [0.3, 0.4) is 0 Å². The second kappa shape index (κ2) is 5.48. The van der Waals surface area contributed by atoms with Gasteiger partial charge in [-0.05, 0) is 44.2 Å². The molecule has 0 spiro atoms. The summed E-state index contributed by atoms with van der Waals surface area (Å²) in [4.78, 5) is 7.24. The number of anilines is 1. The highest BCUT2D eigenvalue weighted by Gasteiger charge is 2.29. The van der Waals surface area contributed by atoms with E-state index in [0.717, 1.165) is 18.1 Å². The summed E-state index contributed by atoms with van der Waals surface area (Å²) in [5, 5.41) is 0. The monoisotopic (exact) mass is 266 g/mol. The van der Waals surface area contributed by atoms with Crippen LogP contribution in [0.25, 0.3) is 0 Å². The number of nitrogens with zero attached hydrogens (tertiary/aromatic N) is 2. The minimum Gasteiger partial charge on any atom is -0.353 e. The van der Waals surface area contributed by atoms with Gasteiger partial charge < -0.3 is 4.90 Å². The van der Waals surface area contributed by atoms with Crippen molar-refractivity contribution in [2.75, 3.05) is 11.4 Å². The fourth-order valence-electron chi connectivity index (χ4n) is 2.99. The minimum absolute atomic E-state index is 0.551. The van der Waals surface area contributed by atoms with Crippen molar-refractivity contribution in [1.29, 1.82) is 0 Å². The maximum Gasteiger partial charge on any atom is 0.133 e. The molecule has 0 N–H and O–H groups in total. The Morgan fingerprint density at radius 2 is 2.17 bits per heavy atom. The number of pyridine rings is 1. The third kappa shape index (κ3) is 2.49. The lowest BCUT2D eigenvalue weighted by molar-refractivity contribution is 0.489. The summed E-state index contributed by atoms with van der Waals surface area (Å²) in [6, 6.07) is 2.74. The van der Waals surface area contributed by atoms with Gasteiger partial charge in [-0.25, -0.2) is 4.98 Å². The standard InChI is InChI=1S/C15H23ClN2/c1-10(2)14-6-5-7-18(14)15-13(9-16)11(3)8-12(4)17-15/h8,10,14H,5-7,9H2,1-4H3. The highest BCUT2D eigenvalue weighted by Crippen LogP contribution is 2.33. The van der Waals surface area contributed by atoms with Crippen LogP contribution in [0.15, 0.2) is 6.07 Å². The molecule has 1 aromatic heterocycles. The number of halogens is 1. The van der Waals surface area contributed by atoms with Crippen LogP contribution in [0.5, 0.6) is 0 Å². The van der Waals surface area contributed by atoms with Crippen LogP contribution in [0.1, 0.15) is 43.5 Å². The third-order valence-corrected chi connectivity index (χ3v) is 4.20. The number of hydrogen-bond donors (Lipinski definition) is 0. The molecule has 0 bridgehead atoms. The molecule has 2 nitrogen and oxygen atoms in total. The highest BCUT2D eigenvalue weighted by molar-refractivity contribution is 6.17. The van der Waals surface area contributed by atoms with Crippen molar-refractivity contribution in [3.05, 3.63) is 22.9 Å². The molecule has 1 aliphatic heterocycles. The predicted octanol–water partition coefficient (Wildman–Crippen LogP) is 4.06. The Morgan fingerprint density at radius 3 is 2.78 bits per heavy atom. The first-order valence-corrected chi connectivity index (χ1v) is 7.37. The number of alkyl halides is 1. The number of aryl methyl sites for hydroxylation is 2. The lowest BCUT2D eigenvalue weighted by atomic mass is 10.0. The largest absolute Gasteiger partial charge is 0.353 e. The van der Waals surface area contributed by atoms with Crippen molar-refractivity contribution in [3.8, 4) is 0 Å². The summed E-state index contributed by atoms with van der Waals surface area (Å²) >= 11 is 6.13. The molecule has 2 rings (SSSR count). The Hall–Kier alpha value is -0.760. The molecule has 2 heterocycles. The van der Waals surface area contributed by atoms with Crippen molar-refractivity contribution in [2.45, 2.75) is 52.5 Å². The average Bonchev–Trinajstić information content (AvgIpc) is 2.76. The zero-order chi connectivity index (χ0) is 13.3. The van der Waals surface area contributed by atoms with E-state index in [4.69, 9.17) is 16.6 Å². The van der Waals surface area contributed by atoms with Gasteiger partial charge >= 0.3 is 0 Å². The van der Waals surface area contributed by atoms with Crippen molar-refractivity contribution in [3.63, 3.8) is 0 Å². The second-order valence-electron chi connectivity index (χ2n) is 5.66. The molecule has 0 aromatic carbocycles. The number of hydrogen-bond acceptors (Lipinski definition) is 2. The van der Waals surface area contributed by atoms with Crippen LogP contribution >= 0.6 is 11.6 Å². The maximum atomic E-state index is 6.13. The zero-order valence-corrected chi connectivity index (χ0v) is 12.6. The number of rotatable bonds is 3. The zero-order valence-electron chi connectivity index (χ0n) is 11.8. The molecule has 1 unspecified atom stereocenters. The molecular formula is C15H23ClN2. The molecule has 18 heavy (non-hydrogen) atoms. The predicted molar refractivity (Wildman–Crippen MR) is 78.5 cm³/mol. The normalized spacial score (nSPS) is 19.9. The van der Waals surface area contributed by atoms with Gasteiger partial charge in [0, 0.05) is 23.8 Å². The number of aromatic nitrogens is 1. The van der Waals surface area contributed by atoms with Gasteiger partial charge in [0.15, 0.2) is 0 Å². The maximum absolute atomic E-state index is 6.13. The minimum atomic E-state index is 0.551. The van der Waals surface area contributed by atoms with Crippen LogP contribution in [-0.4, -0.2) is 17.6 Å². The summed E-state index contributed by atoms with van der Waals surface area (Å²) in [6.45, 7) is 9.91. The lowest BCUT2D eigenvalue weighted by Gasteiger charge is -2.31. The molecule has 1 atom stereocenters. The third-order valence-electron chi connectivity index (χ3n) is 3.93. The molecule has 1 fully saturated rings. The van der Waals surface area contributed by atoms with Crippen LogP contribution in [0.4, 0.5) is 5.82 Å². The van der Waals surface area contributed by atoms with Crippen LogP contribution in [0.2, 0.25) is 0 Å². The van der Waals surface area contributed by atoms with Crippen LogP contribution in [0, 0.1) is 19.8 Å². The Labute approximate surface area is 115 Å². The average molecular weight is 267 g/mol. The lowest BCUT2D eigenvalue weighted by Crippen LogP contribution is -2.35. The van der Waals surface area contributed by atoms with E-state index in [1.165, 1.54) is 24.0 Å². The van der Waals surface area contributed by atoms with Gasteiger partial charge in [-0.3, -0.25) is 0 Å². The van der Waals surface area contributed by atoms with Crippen LogP contribution in [-0.2, 0) is 5.88 Å². The van der Waals surface area contributed by atoms with Crippen molar-refractivity contribution >= 4 is 17.4 Å². The summed E-state index contributed by atoms with van der Waals surface area (Å²) < 4.78 is 0. The molecule has 100 valence electrons. The van der Waals surface area contributed by atoms with Gasteiger partial charge in [-0.1, -0.05) is 13.8 Å². The summed E-state index contributed by atoms with van der Waals surface area (Å²) in [5.41, 5.74) is 3.56. The fraction of sp³-hybridized carbons (Fsp3) is 0.667. The molecule has 0 amide bonds. The van der Waals surface area contributed by atoms with E-state index < -0.39 is 0 Å². The molecule has 1 aromatic rings. The first kappa shape index (κ1) is 13.7. The molecule has 3 heteroatoms. The van der Waals surface area contributed by atoms with Gasteiger partial charge in [-0.15, -0.1) is 11.6 Å². The van der Waals surface area contributed by atoms with E-state index in [1.807, 2.05) is 0 Å². The molecule has 0 radical (unpaired) electrons. The summed E-state index contributed by atoms with van der Waals surface area (Å²) in [7, 11) is 0. The van der Waals surface area contributed by atoms with Crippen molar-refractivity contribution in [2.24, 2.45) is 5.92 Å². The van der Waals surface area contributed by atoms with E-state index in [1.54, 1.807) is 0 Å². The van der Waals surface area contributed by atoms with E-state index >= 15 is 0 Å². The first-order valence-electron chi connectivity index (χ1n) is 6.84. The second-order valence-corrected chi connectivity index (χ2v) is 5.93. The van der Waals surface area contributed by atoms with E-state index in [-0.39, 0.29) is 0 Å². The Morgan fingerprint density at radius 1 is 1.44 bits per heavy atom. The highest BCUT2D eigenvalue weighted by atomic mass is 35.5. The van der Waals surface area contributed by atoms with Gasteiger partial charge in [0.25, 0.3) is 0 Å². The molecule has 0 saturated carbocycles. The fourth-order valence-corrected chi connectivity index (χ4v) is 3.33. The molecule has 1 saturated heterocycles. The first-order chi connectivity index (χ1) is 8.54. The smallest absolute Gasteiger partial charge is 0.133 e.